The first kappa shape index (κ1) is 10.8. The van der Waals surface area contributed by atoms with Crippen LogP contribution in [0.1, 0.15) is 57.8 Å². The highest BCUT2D eigenvalue weighted by molar-refractivity contribution is 5.81. The van der Waals surface area contributed by atoms with Crippen LogP contribution in [0.3, 0.4) is 0 Å². The second-order valence-electron chi connectivity index (χ2n) is 5.13. The molecule has 2 saturated carbocycles. The summed E-state index contributed by atoms with van der Waals surface area (Å²) >= 11 is 0. The molecule has 1 atom stereocenters. The number of rotatable bonds is 2. The van der Waals surface area contributed by atoms with Crippen molar-refractivity contribution in [3.05, 3.63) is 0 Å². The third-order valence-corrected chi connectivity index (χ3v) is 3.96. The molecule has 84 valence electrons. The van der Waals surface area contributed by atoms with Crippen molar-refractivity contribution in [3.63, 3.8) is 0 Å². The molecule has 0 aromatic heterocycles. The molecule has 0 N–H and O–H groups in total. The molecule has 0 amide bonds. The quantitative estimate of drug-likeness (QED) is 0.699. The number of hydrogen-bond donors (Lipinski definition) is 0. The van der Waals surface area contributed by atoms with Gasteiger partial charge in [0.2, 0.25) is 0 Å². The summed E-state index contributed by atoms with van der Waals surface area (Å²) in [5.41, 5.74) is 0. The molecule has 2 aliphatic carbocycles. The Morgan fingerprint density at radius 1 is 0.933 bits per heavy atom. The van der Waals surface area contributed by atoms with Gasteiger partial charge in [-0.3, -0.25) is 9.59 Å². The van der Waals surface area contributed by atoms with E-state index < -0.39 is 0 Å². The van der Waals surface area contributed by atoms with Crippen molar-refractivity contribution in [2.24, 2.45) is 11.8 Å². The fourth-order valence-corrected chi connectivity index (χ4v) is 2.94. The lowest BCUT2D eigenvalue weighted by Gasteiger charge is -2.27. The maximum atomic E-state index is 11.7. The SMILES string of the molecule is O=C1CCC(CC2CCCCC2=O)CC1. The van der Waals surface area contributed by atoms with Crippen molar-refractivity contribution in [2.45, 2.75) is 57.8 Å². The van der Waals surface area contributed by atoms with E-state index in [-0.39, 0.29) is 0 Å². The highest BCUT2D eigenvalue weighted by Crippen LogP contribution is 2.32. The van der Waals surface area contributed by atoms with E-state index in [0.717, 1.165) is 51.4 Å². The Morgan fingerprint density at radius 3 is 2.33 bits per heavy atom. The summed E-state index contributed by atoms with van der Waals surface area (Å²) in [6.07, 6.45) is 8.86. The fraction of sp³-hybridized carbons (Fsp3) is 0.846. The monoisotopic (exact) mass is 208 g/mol. The molecule has 2 rings (SSSR count). The van der Waals surface area contributed by atoms with Crippen LogP contribution in [0, 0.1) is 11.8 Å². The van der Waals surface area contributed by atoms with Gasteiger partial charge in [-0.1, -0.05) is 6.42 Å². The van der Waals surface area contributed by atoms with E-state index in [4.69, 9.17) is 0 Å². The summed E-state index contributed by atoms with van der Waals surface area (Å²) < 4.78 is 0. The Bertz CT molecular complexity index is 247. The second-order valence-corrected chi connectivity index (χ2v) is 5.13. The summed E-state index contributed by atoms with van der Waals surface area (Å²) in [7, 11) is 0. The Morgan fingerprint density at radius 2 is 1.67 bits per heavy atom. The zero-order valence-corrected chi connectivity index (χ0v) is 9.34. The summed E-state index contributed by atoms with van der Waals surface area (Å²) in [6, 6.07) is 0. The van der Waals surface area contributed by atoms with E-state index >= 15 is 0 Å². The molecule has 2 aliphatic rings. The van der Waals surface area contributed by atoms with Crippen molar-refractivity contribution >= 4 is 11.6 Å². The largest absolute Gasteiger partial charge is 0.300 e. The molecule has 0 spiro atoms. The lowest BCUT2D eigenvalue weighted by Crippen LogP contribution is -2.24. The molecule has 1 unspecified atom stereocenters. The first-order valence-electron chi connectivity index (χ1n) is 6.30. The van der Waals surface area contributed by atoms with Gasteiger partial charge in [-0.25, -0.2) is 0 Å². The van der Waals surface area contributed by atoms with Crippen LogP contribution in [0.25, 0.3) is 0 Å². The third kappa shape index (κ3) is 2.90. The van der Waals surface area contributed by atoms with Crippen LogP contribution in [0.4, 0.5) is 0 Å². The van der Waals surface area contributed by atoms with Crippen molar-refractivity contribution in [3.8, 4) is 0 Å². The van der Waals surface area contributed by atoms with Crippen molar-refractivity contribution in [1.82, 2.24) is 0 Å². The van der Waals surface area contributed by atoms with E-state index in [2.05, 4.69) is 0 Å². The first-order valence-corrected chi connectivity index (χ1v) is 6.30. The Hall–Kier alpha value is -0.660. The van der Waals surface area contributed by atoms with Gasteiger partial charge in [0.05, 0.1) is 0 Å². The van der Waals surface area contributed by atoms with Crippen LogP contribution in [0.5, 0.6) is 0 Å². The second kappa shape index (κ2) is 4.91. The minimum atomic E-state index is 0.331. The highest BCUT2D eigenvalue weighted by Gasteiger charge is 2.27. The molecule has 2 fully saturated rings. The van der Waals surface area contributed by atoms with Gasteiger partial charge in [-0.15, -0.1) is 0 Å². The number of carbonyl (C=O) groups is 2. The lowest BCUT2D eigenvalue weighted by molar-refractivity contribution is -0.125. The summed E-state index contributed by atoms with van der Waals surface area (Å²) in [4.78, 5) is 22.8. The molecule has 0 heterocycles. The Kier molecular flexibility index (Phi) is 3.55. The van der Waals surface area contributed by atoms with Crippen molar-refractivity contribution < 1.29 is 9.59 Å². The minimum Gasteiger partial charge on any atom is -0.300 e. The van der Waals surface area contributed by atoms with E-state index in [1.165, 1.54) is 6.42 Å². The molecule has 15 heavy (non-hydrogen) atoms. The molecule has 0 aromatic carbocycles. The van der Waals surface area contributed by atoms with Gasteiger partial charge < -0.3 is 0 Å². The summed E-state index contributed by atoms with van der Waals surface area (Å²) in [5, 5.41) is 0. The number of Topliss-reactive ketones (excluding diaryl/α,β-unsaturated/α-hetero) is 2. The number of hydrogen-bond acceptors (Lipinski definition) is 2. The van der Waals surface area contributed by atoms with E-state index in [9.17, 15) is 9.59 Å². The van der Waals surface area contributed by atoms with Gasteiger partial charge >= 0.3 is 0 Å². The average Bonchev–Trinajstić information content (AvgIpc) is 2.25. The molecule has 2 nitrogen and oxygen atoms in total. The molecular formula is C13H20O2. The first-order chi connectivity index (χ1) is 7.25. The molecular weight excluding hydrogens is 188 g/mol. The van der Waals surface area contributed by atoms with Crippen LogP contribution in [0.2, 0.25) is 0 Å². The smallest absolute Gasteiger partial charge is 0.135 e. The summed E-state index contributed by atoms with van der Waals surface area (Å²) in [6.45, 7) is 0. The van der Waals surface area contributed by atoms with Crippen LogP contribution >= 0.6 is 0 Å². The zero-order chi connectivity index (χ0) is 10.7. The lowest BCUT2D eigenvalue weighted by atomic mass is 9.77. The van der Waals surface area contributed by atoms with E-state index in [0.29, 0.717) is 23.4 Å². The standard InChI is InChI=1S/C13H20O2/c14-12-7-5-10(6-8-12)9-11-3-1-2-4-13(11)15/h10-11H,1-9H2. The normalized spacial score (nSPS) is 29.5. The number of ketones is 2. The highest BCUT2D eigenvalue weighted by atomic mass is 16.1. The van der Waals surface area contributed by atoms with Crippen LogP contribution in [-0.4, -0.2) is 11.6 Å². The molecule has 0 saturated heterocycles. The minimum absolute atomic E-state index is 0.331. The molecule has 2 heteroatoms. The van der Waals surface area contributed by atoms with Crippen molar-refractivity contribution in [1.29, 1.82) is 0 Å². The maximum Gasteiger partial charge on any atom is 0.135 e. The number of carbonyl (C=O) groups excluding carboxylic acids is 2. The van der Waals surface area contributed by atoms with Gasteiger partial charge in [0, 0.05) is 25.2 Å². The topological polar surface area (TPSA) is 34.1 Å². The zero-order valence-electron chi connectivity index (χ0n) is 9.34. The van der Waals surface area contributed by atoms with Gasteiger partial charge in [0.1, 0.15) is 11.6 Å². The third-order valence-electron chi connectivity index (χ3n) is 3.96. The van der Waals surface area contributed by atoms with Gasteiger partial charge in [0.25, 0.3) is 0 Å². The maximum absolute atomic E-state index is 11.7. The summed E-state index contributed by atoms with van der Waals surface area (Å²) in [5.74, 6) is 1.88. The molecule has 0 radical (unpaired) electrons. The van der Waals surface area contributed by atoms with Crippen LogP contribution < -0.4 is 0 Å². The molecule has 0 aromatic rings. The van der Waals surface area contributed by atoms with E-state index in [1.54, 1.807) is 0 Å². The van der Waals surface area contributed by atoms with Crippen LogP contribution in [0.15, 0.2) is 0 Å². The fourth-order valence-electron chi connectivity index (χ4n) is 2.94. The molecule has 0 bridgehead atoms. The molecule has 0 aliphatic heterocycles. The predicted octanol–water partition coefficient (Wildman–Crippen LogP) is 2.90. The average molecular weight is 208 g/mol. The van der Waals surface area contributed by atoms with Gasteiger partial charge in [-0.05, 0) is 38.0 Å². The van der Waals surface area contributed by atoms with Crippen molar-refractivity contribution in [2.75, 3.05) is 0 Å². The van der Waals surface area contributed by atoms with Gasteiger partial charge in [-0.2, -0.15) is 0 Å². The van der Waals surface area contributed by atoms with Crippen LogP contribution in [-0.2, 0) is 9.59 Å². The van der Waals surface area contributed by atoms with E-state index in [1.807, 2.05) is 0 Å². The Labute approximate surface area is 91.4 Å². The Balaban J connectivity index is 1.80. The van der Waals surface area contributed by atoms with Gasteiger partial charge in [0.15, 0.2) is 0 Å². The predicted molar refractivity (Wildman–Crippen MR) is 58.5 cm³/mol.